The van der Waals surface area contributed by atoms with Crippen molar-refractivity contribution in [3.8, 4) is 11.4 Å². The number of hydrogen-bond donors (Lipinski definition) is 0. The topological polar surface area (TPSA) is 52.7 Å². The lowest BCUT2D eigenvalue weighted by Crippen LogP contribution is -2.22. The van der Waals surface area contributed by atoms with Crippen molar-refractivity contribution in [2.24, 2.45) is 7.05 Å². The number of aryl methyl sites for hydroxylation is 1. The van der Waals surface area contributed by atoms with E-state index in [-0.39, 0.29) is 5.69 Å². The van der Waals surface area contributed by atoms with Crippen LogP contribution in [0.1, 0.15) is 30.9 Å². The maximum atomic E-state index is 12.8. The predicted octanol–water partition coefficient (Wildman–Crippen LogP) is 4.57. The molecule has 0 aliphatic carbocycles. The fraction of sp³-hybridized carbons (Fsp3) is 0.227. The van der Waals surface area contributed by atoms with Crippen LogP contribution >= 0.6 is 22.6 Å². The molecule has 2 aromatic heterocycles. The molecule has 2 heterocycles. The lowest BCUT2D eigenvalue weighted by Gasteiger charge is -2.11. The highest BCUT2D eigenvalue weighted by atomic mass is 127. The van der Waals surface area contributed by atoms with Gasteiger partial charge in [-0.05, 0) is 51.8 Å². The smallest absolute Gasteiger partial charge is 0.292 e. The van der Waals surface area contributed by atoms with Gasteiger partial charge in [-0.15, -0.1) is 0 Å². The van der Waals surface area contributed by atoms with Crippen molar-refractivity contribution in [1.82, 2.24) is 19.1 Å². The van der Waals surface area contributed by atoms with Crippen molar-refractivity contribution in [3.05, 3.63) is 79.9 Å². The van der Waals surface area contributed by atoms with E-state index in [2.05, 4.69) is 47.5 Å². The Kier molecular flexibility index (Phi) is 5.05. The Bertz CT molecular complexity index is 1210. The van der Waals surface area contributed by atoms with Crippen LogP contribution < -0.4 is 5.69 Å². The summed E-state index contributed by atoms with van der Waals surface area (Å²) >= 11 is 2.28. The first-order chi connectivity index (χ1) is 13.5. The summed E-state index contributed by atoms with van der Waals surface area (Å²) in [5.74, 6) is 1.01. The van der Waals surface area contributed by atoms with Gasteiger partial charge >= 0.3 is 5.69 Å². The zero-order valence-corrected chi connectivity index (χ0v) is 18.2. The van der Waals surface area contributed by atoms with Gasteiger partial charge in [0.25, 0.3) is 0 Å². The molecule has 0 unspecified atom stereocenters. The van der Waals surface area contributed by atoms with Crippen LogP contribution in [0.3, 0.4) is 0 Å². The summed E-state index contributed by atoms with van der Waals surface area (Å²) in [6.07, 6.45) is 1.75. The highest BCUT2D eigenvalue weighted by Gasteiger charge is 2.16. The highest BCUT2D eigenvalue weighted by molar-refractivity contribution is 14.1. The Morgan fingerprint density at radius 2 is 1.79 bits per heavy atom. The molecular weight excluding hydrogens is 463 g/mol. The zero-order valence-electron chi connectivity index (χ0n) is 16.1. The van der Waals surface area contributed by atoms with Gasteiger partial charge in [-0.3, -0.25) is 9.13 Å². The normalized spacial score (nSPS) is 11.5. The molecule has 4 rings (SSSR count). The van der Waals surface area contributed by atoms with Gasteiger partial charge in [0.05, 0.1) is 12.7 Å². The average molecular weight is 484 g/mol. The van der Waals surface area contributed by atoms with Gasteiger partial charge in [-0.1, -0.05) is 50.2 Å². The Labute approximate surface area is 177 Å². The van der Waals surface area contributed by atoms with Gasteiger partial charge in [-0.25, -0.2) is 14.8 Å². The van der Waals surface area contributed by atoms with Gasteiger partial charge < -0.3 is 0 Å². The maximum absolute atomic E-state index is 12.8. The molecule has 0 spiro atoms. The van der Waals surface area contributed by atoms with E-state index in [4.69, 9.17) is 4.98 Å². The second-order valence-corrected chi connectivity index (χ2v) is 8.44. The molecule has 0 atom stereocenters. The Hall–Kier alpha value is -2.48. The van der Waals surface area contributed by atoms with Crippen LogP contribution in [0, 0.1) is 3.57 Å². The molecule has 142 valence electrons. The first-order valence-electron chi connectivity index (χ1n) is 9.21. The second kappa shape index (κ2) is 7.50. The summed E-state index contributed by atoms with van der Waals surface area (Å²) in [7, 11) is 1.76. The van der Waals surface area contributed by atoms with Crippen molar-refractivity contribution in [3.63, 3.8) is 0 Å². The van der Waals surface area contributed by atoms with Crippen molar-refractivity contribution in [1.29, 1.82) is 0 Å². The molecular formula is C22H21IN4O. The van der Waals surface area contributed by atoms with Crippen molar-refractivity contribution < 1.29 is 0 Å². The fourth-order valence-electron chi connectivity index (χ4n) is 3.43. The summed E-state index contributed by atoms with van der Waals surface area (Å²) in [4.78, 5) is 22.2. The van der Waals surface area contributed by atoms with Crippen LogP contribution in [-0.2, 0) is 13.6 Å². The van der Waals surface area contributed by atoms with E-state index in [0.29, 0.717) is 23.9 Å². The number of hydrogen-bond acceptors (Lipinski definition) is 3. The third-order valence-electron chi connectivity index (χ3n) is 4.96. The number of imidazole rings is 1. The van der Waals surface area contributed by atoms with Crippen LogP contribution in [0.2, 0.25) is 0 Å². The molecule has 28 heavy (non-hydrogen) atoms. The summed E-state index contributed by atoms with van der Waals surface area (Å²) in [6.45, 7) is 4.80. The van der Waals surface area contributed by atoms with E-state index in [1.54, 1.807) is 22.4 Å². The Balaban J connectivity index is 1.88. The molecule has 0 aliphatic rings. The molecule has 0 bridgehead atoms. The highest BCUT2D eigenvalue weighted by Crippen LogP contribution is 2.27. The first kappa shape index (κ1) is 18.9. The molecule has 0 fully saturated rings. The quantitative estimate of drug-likeness (QED) is 0.399. The summed E-state index contributed by atoms with van der Waals surface area (Å²) in [5.41, 5.74) is 4.59. The van der Waals surface area contributed by atoms with Gasteiger partial charge in [-0.2, -0.15) is 0 Å². The maximum Gasteiger partial charge on any atom is 0.330 e. The number of nitrogens with zero attached hydrogens (tertiary/aromatic N) is 4. The molecule has 6 heteroatoms. The minimum absolute atomic E-state index is 0.0860. The number of aromatic nitrogens is 4. The molecule has 2 aromatic carbocycles. The van der Waals surface area contributed by atoms with Crippen molar-refractivity contribution in [2.45, 2.75) is 26.3 Å². The lowest BCUT2D eigenvalue weighted by molar-refractivity contribution is 0.731. The summed E-state index contributed by atoms with van der Waals surface area (Å²) < 4.78 is 4.50. The summed E-state index contributed by atoms with van der Waals surface area (Å²) in [5, 5.41) is 0. The van der Waals surface area contributed by atoms with Crippen LogP contribution in [0.5, 0.6) is 0 Å². The third-order valence-corrected chi connectivity index (χ3v) is 5.68. The predicted molar refractivity (Wildman–Crippen MR) is 121 cm³/mol. The average Bonchev–Trinajstić information content (AvgIpc) is 2.94. The molecule has 5 nitrogen and oxygen atoms in total. The number of halogens is 1. The minimum atomic E-state index is -0.0860. The van der Waals surface area contributed by atoms with E-state index in [1.165, 1.54) is 9.13 Å². The SMILES string of the molecule is CC(C)c1ccccc1-c1ncc2c(n1)n(Cc1ccc(I)cc1)c(=O)n2C. The molecule has 0 amide bonds. The minimum Gasteiger partial charge on any atom is -0.292 e. The second-order valence-electron chi connectivity index (χ2n) is 7.20. The monoisotopic (exact) mass is 484 g/mol. The molecule has 0 saturated carbocycles. The molecule has 0 aliphatic heterocycles. The van der Waals surface area contributed by atoms with Gasteiger partial charge in [0.2, 0.25) is 0 Å². The van der Waals surface area contributed by atoms with Crippen molar-refractivity contribution in [2.75, 3.05) is 0 Å². The largest absolute Gasteiger partial charge is 0.330 e. The first-order valence-corrected chi connectivity index (χ1v) is 10.3. The van der Waals surface area contributed by atoms with E-state index in [9.17, 15) is 4.79 Å². The van der Waals surface area contributed by atoms with Gasteiger partial charge in [0, 0.05) is 16.2 Å². The number of benzene rings is 2. The summed E-state index contributed by atoms with van der Waals surface area (Å²) in [6, 6.07) is 16.4. The van der Waals surface area contributed by atoms with Gasteiger partial charge in [0.15, 0.2) is 11.5 Å². The third kappa shape index (κ3) is 3.37. The van der Waals surface area contributed by atoms with Crippen LogP contribution in [0.15, 0.2) is 59.5 Å². The van der Waals surface area contributed by atoms with E-state index in [0.717, 1.165) is 16.6 Å². The lowest BCUT2D eigenvalue weighted by atomic mass is 9.97. The molecule has 0 N–H and O–H groups in total. The number of fused-ring (bicyclic) bond motifs is 1. The van der Waals surface area contributed by atoms with Crippen LogP contribution in [-0.4, -0.2) is 19.1 Å². The van der Waals surface area contributed by atoms with Crippen LogP contribution in [0.25, 0.3) is 22.6 Å². The zero-order chi connectivity index (χ0) is 19.8. The molecule has 0 radical (unpaired) electrons. The Morgan fingerprint density at radius 3 is 2.50 bits per heavy atom. The van der Waals surface area contributed by atoms with E-state index < -0.39 is 0 Å². The van der Waals surface area contributed by atoms with Crippen molar-refractivity contribution >= 4 is 33.8 Å². The van der Waals surface area contributed by atoms with E-state index >= 15 is 0 Å². The van der Waals surface area contributed by atoms with Gasteiger partial charge in [0.1, 0.15) is 5.52 Å². The fourth-order valence-corrected chi connectivity index (χ4v) is 3.78. The van der Waals surface area contributed by atoms with Crippen LogP contribution in [0.4, 0.5) is 0 Å². The van der Waals surface area contributed by atoms with E-state index in [1.807, 2.05) is 42.5 Å². The standard InChI is InChI=1S/C22H21IN4O/c1-14(2)17-6-4-5-7-18(17)20-24-12-19-21(25-20)27(22(28)26(19)3)13-15-8-10-16(23)11-9-15/h4-12,14H,13H2,1-3H3. The molecule has 4 aromatic rings. The Morgan fingerprint density at radius 1 is 1.07 bits per heavy atom. The molecule has 0 saturated heterocycles. The number of rotatable bonds is 4.